The van der Waals surface area contributed by atoms with Crippen molar-refractivity contribution in [1.29, 1.82) is 0 Å². The second kappa shape index (κ2) is 14.3. The molecule has 202 valence electrons. The number of amides is 4. The van der Waals surface area contributed by atoms with E-state index in [2.05, 4.69) is 10.6 Å². The van der Waals surface area contributed by atoms with E-state index in [0.717, 1.165) is 12.8 Å². The molecule has 0 saturated heterocycles. The molecule has 1 aromatic carbocycles. The number of unbranched alkanes of at least 4 members (excludes halogenated alkanes) is 2. The molecule has 0 aromatic heterocycles. The molecule has 36 heavy (non-hydrogen) atoms. The fourth-order valence-electron chi connectivity index (χ4n) is 3.63. The van der Waals surface area contributed by atoms with E-state index in [4.69, 9.17) is 10.5 Å². The van der Waals surface area contributed by atoms with E-state index in [1.165, 1.54) is 11.0 Å². The van der Waals surface area contributed by atoms with E-state index in [-0.39, 0.29) is 36.7 Å². The first-order valence-corrected chi connectivity index (χ1v) is 12.4. The molecule has 0 bridgehead atoms. The summed E-state index contributed by atoms with van der Waals surface area (Å²) < 4.78 is 5.31. The summed E-state index contributed by atoms with van der Waals surface area (Å²) in [7, 11) is 0. The number of primary amides is 1. The molecular formula is C26H42N4O6. The Morgan fingerprint density at radius 1 is 1.08 bits per heavy atom. The molecule has 0 spiro atoms. The maximum Gasteiger partial charge on any atom is 0.408 e. The molecule has 0 aliphatic heterocycles. The maximum atomic E-state index is 13.9. The van der Waals surface area contributed by atoms with E-state index in [1.54, 1.807) is 52.8 Å². The lowest BCUT2D eigenvalue weighted by Gasteiger charge is -2.35. The number of rotatable bonds is 13. The fraction of sp³-hybridized carbons (Fsp3) is 0.615. The van der Waals surface area contributed by atoms with Crippen LogP contribution in [0.5, 0.6) is 5.75 Å². The number of phenols is 1. The van der Waals surface area contributed by atoms with Gasteiger partial charge < -0.3 is 31.1 Å². The van der Waals surface area contributed by atoms with Crippen molar-refractivity contribution in [3.05, 3.63) is 29.8 Å². The highest BCUT2D eigenvalue weighted by atomic mass is 16.6. The van der Waals surface area contributed by atoms with E-state index in [1.807, 2.05) is 6.92 Å². The minimum atomic E-state index is -1.17. The van der Waals surface area contributed by atoms with Crippen LogP contribution in [0.2, 0.25) is 0 Å². The van der Waals surface area contributed by atoms with Gasteiger partial charge in [-0.1, -0.05) is 38.0 Å². The Hall–Kier alpha value is -3.30. The number of nitrogens with two attached hydrogens (primary N) is 1. The number of nitrogens with zero attached hydrogens (tertiary/aromatic N) is 1. The Labute approximate surface area is 213 Å². The first kappa shape index (κ1) is 30.7. The van der Waals surface area contributed by atoms with Gasteiger partial charge in [-0.05, 0) is 53.5 Å². The maximum absolute atomic E-state index is 13.9. The number of ether oxygens (including phenoxy) is 1. The van der Waals surface area contributed by atoms with Crippen LogP contribution in [0.25, 0.3) is 0 Å². The van der Waals surface area contributed by atoms with Crippen molar-refractivity contribution in [1.82, 2.24) is 15.5 Å². The van der Waals surface area contributed by atoms with Gasteiger partial charge in [0.2, 0.25) is 17.7 Å². The van der Waals surface area contributed by atoms with Gasteiger partial charge >= 0.3 is 6.09 Å². The molecule has 0 radical (unpaired) electrons. The van der Waals surface area contributed by atoms with Crippen molar-refractivity contribution in [3.63, 3.8) is 0 Å². The van der Waals surface area contributed by atoms with Crippen LogP contribution in [-0.4, -0.2) is 58.1 Å². The van der Waals surface area contributed by atoms with Gasteiger partial charge in [-0.2, -0.15) is 0 Å². The summed E-state index contributed by atoms with van der Waals surface area (Å²) >= 11 is 0. The largest absolute Gasteiger partial charge is 0.508 e. The van der Waals surface area contributed by atoms with Gasteiger partial charge in [-0.25, -0.2) is 4.79 Å². The van der Waals surface area contributed by atoms with Gasteiger partial charge in [0.25, 0.3) is 0 Å². The predicted molar refractivity (Wildman–Crippen MR) is 137 cm³/mol. The summed E-state index contributed by atoms with van der Waals surface area (Å²) in [5.74, 6) is -1.82. The minimum absolute atomic E-state index is 0.0724. The lowest BCUT2D eigenvalue weighted by Crippen LogP contribution is -2.54. The summed E-state index contributed by atoms with van der Waals surface area (Å²) in [6.45, 7) is 10.9. The molecule has 4 amide bonds. The van der Waals surface area contributed by atoms with Gasteiger partial charge in [-0.15, -0.1) is 0 Å². The molecule has 5 N–H and O–H groups in total. The summed E-state index contributed by atoms with van der Waals surface area (Å²) in [4.78, 5) is 52.7. The number of nitrogens with one attached hydrogen (secondary N) is 2. The van der Waals surface area contributed by atoms with Gasteiger partial charge in [0.15, 0.2) is 0 Å². The van der Waals surface area contributed by atoms with Crippen molar-refractivity contribution in [2.45, 2.75) is 97.4 Å². The monoisotopic (exact) mass is 506 g/mol. The number of hydrogen-bond acceptors (Lipinski definition) is 6. The van der Waals surface area contributed by atoms with Crippen LogP contribution in [0.1, 0.15) is 85.3 Å². The van der Waals surface area contributed by atoms with Gasteiger partial charge in [0.1, 0.15) is 23.4 Å². The molecule has 10 nitrogen and oxygen atoms in total. The van der Waals surface area contributed by atoms with E-state index >= 15 is 0 Å². The van der Waals surface area contributed by atoms with Crippen molar-refractivity contribution >= 4 is 23.8 Å². The average molecular weight is 507 g/mol. The topological polar surface area (TPSA) is 151 Å². The molecule has 0 aliphatic carbocycles. The van der Waals surface area contributed by atoms with Crippen LogP contribution in [0, 0.1) is 0 Å². The van der Waals surface area contributed by atoms with Crippen molar-refractivity contribution in [3.8, 4) is 5.75 Å². The minimum Gasteiger partial charge on any atom is -0.508 e. The highest BCUT2D eigenvalue weighted by molar-refractivity contribution is 5.93. The molecule has 1 aromatic rings. The molecule has 2 atom stereocenters. The van der Waals surface area contributed by atoms with E-state index in [9.17, 15) is 24.3 Å². The van der Waals surface area contributed by atoms with Crippen LogP contribution in [0.3, 0.4) is 0 Å². The zero-order valence-electron chi connectivity index (χ0n) is 22.3. The third kappa shape index (κ3) is 10.5. The standard InChI is InChI=1S/C26H42N4O6/c1-7-8-11-16-30(22(23(33)28-17(2)3)18-12-9-10-13-20(18)31)24(34)19(14-15-21(27)32)29-25(35)36-26(4,5)6/h9-10,12-13,17,19,22,31H,7-8,11,14-16H2,1-6H3,(H2,27,32)(H,28,33)(H,29,35). The number of alkyl carbamates (subject to hydrolysis) is 1. The Balaban J connectivity index is 3.50. The number of carbonyl (C=O) groups excluding carboxylic acids is 4. The first-order chi connectivity index (χ1) is 16.8. The Morgan fingerprint density at radius 2 is 1.72 bits per heavy atom. The van der Waals surface area contributed by atoms with Gasteiger partial charge in [-0.3, -0.25) is 14.4 Å². The van der Waals surface area contributed by atoms with E-state index < -0.39 is 41.5 Å². The zero-order valence-corrected chi connectivity index (χ0v) is 22.3. The average Bonchev–Trinajstić information content (AvgIpc) is 2.74. The lowest BCUT2D eigenvalue weighted by molar-refractivity contribution is -0.143. The van der Waals surface area contributed by atoms with Crippen LogP contribution >= 0.6 is 0 Å². The SMILES string of the molecule is CCCCCN(C(=O)C(CCC(N)=O)NC(=O)OC(C)(C)C)C(C(=O)NC(C)C)c1ccccc1O. The summed E-state index contributed by atoms with van der Waals surface area (Å²) in [6.07, 6.45) is 1.21. The normalized spacial score (nSPS) is 13.0. The third-order valence-corrected chi connectivity index (χ3v) is 5.18. The first-order valence-electron chi connectivity index (χ1n) is 12.4. The Bertz CT molecular complexity index is 897. The quantitative estimate of drug-likeness (QED) is 0.302. The number of carbonyl (C=O) groups is 4. The summed E-state index contributed by atoms with van der Waals surface area (Å²) in [6, 6.07) is 3.78. The number of aromatic hydroxyl groups is 1. The summed E-state index contributed by atoms with van der Waals surface area (Å²) in [5, 5.41) is 16.0. The Morgan fingerprint density at radius 3 is 2.25 bits per heavy atom. The smallest absolute Gasteiger partial charge is 0.408 e. The molecule has 1 rings (SSSR count). The zero-order chi connectivity index (χ0) is 27.5. The van der Waals surface area contributed by atoms with Crippen molar-refractivity contribution < 1.29 is 29.0 Å². The number of phenolic OH excluding ortho intramolecular Hbond substituents is 1. The van der Waals surface area contributed by atoms with E-state index in [0.29, 0.717) is 6.42 Å². The molecule has 0 heterocycles. The third-order valence-electron chi connectivity index (χ3n) is 5.18. The molecule has 0 saturated carbocycles. The molecule has 0 aliphatic rings. The summed E-state index contributed by atoms with van der Waals surface area (Å²) in [5.41, 5.74) is 4.76. The number of benzene rings is 1. The highest BCUT2D eigenvalue weighted by Crippen LogP contribution is 2.30. The number of hydrogen-bond donors (Lipinski definition) is 4. The molecular weight excluding hydrogens is 464 g/mol. The second-order valence-corrected chi connectivity index (χ2v) is 10.1. The van der Waals surface area contributed by atoms with Crippen LogP contribution in [-0.2, 0) is 19.1 Å². The van der Waals surface area contributed by atoms with Crippen LogP contribution < -0.4 is 16.4 Å². The lowest BCUT2D eigenvalue weighted by atomic mass is 9.99. The molecule has 0 fully saturated rings. The second-order valence-electron chi connectivity index (χ2n) is 10.1. The Kier molecular flexibility index (Phi) is 12.2. The molecule has 2 unspecified atom stereocenters. The fourth-order valence-corrected chi connectivity index (χ4v) is 3.63. The van der Waals surface area contributed by atoms with Gasteiger partial charge in [0, 0.05) is 24.6 Å². The highest BCUT2D eigenvalue weighted by Gasteiger charge is 2.37. The predicted octanol–water partition coefficient (Wildman–Crippen LogP) is 3.14. The molecule has 10 heteroatoms. The van der Waals surface area contributed by atoms with Crippen molar-refractivity contribution in [2.24, 2.45) is 5.73 Å². The van der Waals surface area contributed by atoms with Crippen LogP contribution in [0.15, 0.2) is 24.3 Å². The number of para-hydroxylation sites is 1. The van der Waals surface area contributed by atoms with Crippen LogP contribution in [0.4, 0.5) is 4.79 Å². The van der Waals surface area contributed by atoms with Crippen molar-refractivity contribution in [2.75, 3.05) is 6.54 Å². The van der Waals surface area contributed by atoms with Gasteiger partial charge in [0.05, 0.1) is 0 Å².